The summed E-state index contributed by atoms with van der Waals surface area (Å²) in [5.41, 5.74) is 2.53. The highest BCUT2D eigenvalue weighted by atomic mass is 32.1. The summed E-state index contributed by atoms with van der Waals surface area (Å²) in [6.45, 7) is 6.32. The van der Waals surface area contributed by atoms with Gasteiger partial charge in [-0.05, 0) is 42.0 Å². The molecule has 1 aliphatic heterocycles. The second-order valence-corrected chi connectivity index (χ2v) is 7.96. The van der Waals surface area contributed by atoms with Crippen LogP contribution in [0.4, 0.5) is 0 Å². The molecule has 1 aliphatic rings. The molecule has 0 radical (unpaired) electrons. The molecule has 3 aromatic rings. The Labute approximate surface area is 176 Å². The van der Waals surface area contributed by atoms with E-state index in [-0.39, 0.29) is 0 Å². The standard InChI is InChI=1S/C22H26N4O2S/c1-27-20-9-7-19(8-10-20)16-24-11-13-25(14-12-24)17-26-22(29)28-21(23-26)15-18-5-3-2-4-6-18/h2-10H,11-17H2,1H3/p+2. The third-order valence-electron chi connectivity index (χ3n) is 5.50. The molecule has 6 nitrogen and oxygen atoms in total. The average molecular weight is 413 g/mol. The molecule has 2 N–H and O–H groups in total. The van der Waals surface area contributed by atoms with Crippen molar-refractivity contribution in [3.05, 3.63) is 76.5 Å². The van der Waals surface area contributed by atoms with Gasteiger partial charge >= 0.3 is 0 Å². The molecule has 0 amide bonds. The number of aromatic nitrogens is 2. The second kappa shape index (κ2) is 9.35. The molecule has 0 spiro atoms. The summed E-state index contributed by atoms with van der Waals surface area (Å²) in [4.78, 5) is 3.59. The highest BCUT2D eigenvalue weighted by molar-refractivity contribution is 7.71. The number of hydrogen-bond donors (Lipinski definition) is 2. The van der Waals surface area contributed by atoms with Gasteiger partial charge < -0.3 is 19.0 Å². The lowest BCUT2D eigenvalue weighted by atomic mass is 10.2. The van der Waals surface area contributed by atoms with Gasteiger partial charge in [-0.2, -0.15) is 4.68 Å². The Kier molecular flexibility index (Phi) is 6.39. The first kappa shape index (κ1) is 19.8. The zero-order chi connectivity index (χ0) is 20.1. The third kappa shape index (κ3) is 5.32. The average Bonchev–Trinajstić information content (AvgIpc) is 3.09. The largest absolute Gasteiger partial charge is 0.497 e. The van der Waals surface area contributed by atoms with Gasteiger partial charge in [-0.1, -0.05) is 30.3 Å². The lowest BCUT2D eigenvalue weighted by Gasteiger charge is -2.29. The number of ether oxygens (including phenoxy) is 1. The van der Waals surface area contributed by atoms with Crippen molar-refractivity contribution in [2.75, 3.05) is 33.3 Å². The van der Waals surface area contributed by atoms with Crippen molar-refractivity contribution < 1.29 is 19.0 Å². The van der Waals surface area contributed by atoms with E-state index in [1.165, 1.54) is 16.0 Å². The fourth-order valence-corrected chi connectivity index (χ4v) is 4.03. The van der Waals surface area contributed by atoms with Crippen LogP contribution in [-0.2, 0) is 19.6 Å². The molecule has 2 aromatic carbocycles. The van der Waals surface area contributed by atoms with Crippen LogP contribution in [0.2, 0.25) is 0 Å². The van der Waals surface area contributed by atoms with Gasteiger partial charge in [0.15, 0.2) is 6.67 Å². The van der Waals surface area contributed by atoms with E-state index in [4.69, 9.17) is 21.4 Å². The lowest BCUT2D eigenvalue weighted by Crippen LogP contribution is -3.27. The van der Waals surface area contributed by atoms with Crippen LogP contribution in [0.3, 0.4) is 0 Å². The van der Waals surface area contributed by atoms with Gasteiger partial charge in [0.2, 0.25) is 5.89 Å². The van der Waals surface area contributed by atoms with E-state index in [0.29, 0.717) is 17.1 Å². The second-order valence-electron chi connectivity index (χ2n) is 7.61. The Morgan fingerprint density at radius 3 is 2.34 bits per heavy atom. The van der Waals surface area contributed by atoms with E-state index in [9.17, 15) is 0 Å². The van der Waals surface area contributed by atoms with Gasteiger partial charge in [-0.3, -0.25) is 0 Å². The fourth-order valence-electron chi connectivity index (χ4n) is 3.83. The minimum atomic E-state index is 0.469. The quantitative estimate of drug-likeness (QED) is 0.563. The summed E-state index contributed by atoms with van der Waals surface area (Å²) in [5, 5.41) is 4.61. The number of nitrogens with zero attached hydrogens (tertiary/aromatic N) is 2. The molecule has 0 unspecified atom stereocenters. The van der Waals surface area contributed by atoms with Crippen LogP contribution >= 0.6 is 12.2 Å². The van der Waals surface area contributed by atoms with Crippen molar-refractivity contribution in [2.24, 2.45) is 0 Å². The van der Waals surface area contributed by atoms with Crippen LogP contribution in [0.5, 0.6) is 5.75 Å². The van der Waals surface area contributed by atoms with Crippen LogP contribution < -0.4 is 14.5 Å². The first-order valence-corrected chi connectivity index (χ1v) is 10.5. The lowest BCUT2D eigenvalue weighted by molar-refractivity contribution is -1.03. The molecule has 0 saturated carbocycles. The van der Waals surface area contributed by atoms with E-state index >= 15 is 0 Å². The van der Waals surface area contributed by atoms with E-state index in [1.807, 2.05) is 35.0 Å². The number of rotatable bonds is 7. The van der Waals surface area contributed by atoms with Crippen LogP contribution in [-0.4, -0.2) is 43.1 Å². The smallest absolute Gasteiger partial charge is 0.291 e. The van der Waals surface area contributed by atoms with Crippen molar-refractivity contribution in [1.82, 2.24) is 9.78 Å². The monoisotopic (exact) mass is 412 g/mol. The molecular weight excluding hydrogens is 384 g/mol. The summed E-state index contributed by atoms with van der Waals surface area (Å²) < 4.78 is 12.8. The molecule has 1 aromatic heterocycles. The normalized spacial score (nSPS) is 19.2. The van der Waals surface area contributed by atoms with Crippen molar-refractivity contribution >= 4 is 12.2 Å². The summed E-state index contributed by atoms with van der Waals surface area (Å²) >= 11 is 5.39. The maximum absolute atomic E-state index is 5.72. The summed E-state index contributed by atoms with van der Waals surface area (Å²) in [7, 11) is 1.70. The Morgan fingerprint density at radius 2 is 1.66 bits per heavy atom. The highest BCUT2D eigenvalue weighted by Gasteiger charge is 2.24. The molecule has 29 heavy (non-hydrogen) atoms. The number of hydrogen-bond acceptors (Lipinski definition) is 4. The maximum Gasteiger partial charge on any atom is 0.291 e. The molecule has 2 heterocycles. The van der Waals surface area contributed by atoms with Gasteiger partial charge in [-0.15, -0.1) is 5.10 Å². The minimum Gasteiger partial charge on any atom is -0.497 e. The fraction of sp³-hybridized carbons (Fsp3) is 0.364. The Hall–Kier alpha value is -2.48. The zero-order valence-corrected chi connectivity index (χ0v) is 17.6. The molecular formula is C22H28N4O2S+2. The van der Waals surface area contributed by atoms with Crippen LogP contribution in [0.1, 0.15) is 17.0 Å². The van der Waals surface area contributed by atoms with Gasteiger partial charge in [0, 0.05) is 5.56 Å². The summed E-state index contributed by atoms with van der Waals surface area (Å²) in [6.07, 6.45) is 0.673. The van der Waals surface area contributed by atoms with Gasteiger partial charge in [0.1, 0.15) is 38.5 Å². The van der Waals surface area contributed by atoms with Crippen molar-refractivity contribution in [3.63, 3.8) is 0 Å². The Bertz CT molecular complexity index is 960. The van der Waals surface area contributed by atoms with Gasteiger partial charge in [0.25, 0.3) is 4.84 Å². The van der Waals surface area contributed by atoms with Crippen molar-refractivity contribution in [3.8, 4) is 5.75 Å². The Morgan fingerprint density at radius 1 is 0.966 bits per heavy atom. The van der Waals surface area contributed by atoms with E-state index in [2.05, 4.69) is 29.4 Å². The third-order valence-corrected chi connectivity index (χ3v) is 5.79. The van der Waals surface area contributed by atoms with Gasteiger partial charge in [0.05, 0.1) is 13.5 Å². The van der Waals surface area contributed by atoms with Crippen LogP contribution in [0.15, 0.2) is 59.0 Å². The highest BCUT2D eigenvalue weighted by Crippen LogP contribution is 2.10. The minimum absolute atomic E-state index is 0.469. The summed E-state index contributed by atoms with van der Waals surface area (Å²) in [5.74, 6) is 1.60. The molecule has 0 aliphatic carbocycles. The number of methoxy groups -OCH3 is 1. The van der Waals surface area contributed by atoms with Crippen molar-refractivity contribution in [2.45, 2.75) is 19.6 Å². The van der Waals surface area contributed by atoms with E-state index in [1.54, 1.807) is 12.0 Å². The summed E-state index contributed by atoms with van der Waals surface area (Å²) in [6, 6.07) is 18.6. The number of nitrogens with one attached hydrogen (secondary N) is 2. The first-order chi connectivity index (χ1) is 14.2. The van der Waals surface area contributed by atoms with E-state index in [0.717, 1.165) is 45.1 Å². The van der Waals surface area contributed by atoms with E-state index < -0.39 is 0 Å². The maximum atomic E-state index is 5.72. The number of benzene rings is 2. The molecule has 4 rings (SSSR count). The van der Waals surface area contributed by atoms with Crippen LogP contribution in [0.25, 0.3) is 0 Å². The van der Waals surface area contributed by atoms with Crippen LogP contribution in [0, 0.1) is 4.84 Å². The van der Waals surface area contributed by atoms with Crippen molar-refractivity contribution in [1.29, 1.82) is 0 Å². The molecule has 0 atom stereocenters. The molecule has 152 valence electrons. The molecule has 7 heteroatoms. The van der Waals surface area contributed by atoms with Gasteiger partial charge in [-0.25, -0.2) is 0 Å². The SMILES string of the molecule is COc1ccc(C[NH+]2CC[NH+](Cn3nc(Cc4ccccc4)oc3=S)CC2)cc1. The molecule has 0 bridgehead atoms. The first-order valence-electron chi connectivity index (χ1n) is 10.1. The predicted molar refractivity (Wildman–Crippen MR) is 113 cm³/mol. The molecule has 1 saturated heterocycles. The number of piperazine rings is 1. The topological polar surface area (TPSA) is 49.1 Å². The number of quaternary nitrogens is 2. The molecule has 1 fully saturated rings. The Balaban J connectivity index is 1.28. The predicted octanol–water partition coefficient (Wildman–Crippen LogP) is 0.746. The zero-order valence-electron chi connectivity index (χ0n) is 16.8.